The van der Waals surface area contributed by atoms with Gasteiger partial charge in [0.15, 0.2) is 0 Å². The minimum absolute atomic E-state index is 0.141. The van der Waals surface area contributed by atoms with Gasteiger partial charge in [0.2, 0.25) is 0 Å². The molecule has 0 bridgehead atoms. The summed E-state index contributed by atoms with van der Waals surface area (Å²) >= 11 is 0. The van der Waals surface area contributed by atoms with E-state index < -0.39 is 0 Å². The molecule has 1 aliphatic heterocycles. The molecule has 1 heterocycles. The first-order valence-corrected chi connectivity index (χ1v) is 5.20. The smallest absolute Gasteiger partial charge is 0.257 e. The van der Waals surface area contributed by atoms with Gasteiger partial charge >= 0.3 is 0 Å². The standard InChI is InChI=1S/C12H13N3O/c1-3-10(13)14-11-9-6-7(2)4-5-8(9)12(16)15-11/h4-6H,3H2,1-2H3,(H2,13,14,15,16). The highest BCUT2D eigenvalue weighted by molar-refractivity contribution is 6.25. The summed E-state index contributed by atoms with van der Waals surface area (Å²) in [5.41, 5.74) is 2.50. The van der Waals surface area contributed by atoms with Crippen LogP contribution >= 0.6 is 0 Å². The van der Waals surface area contributed by atoms with Crippen LogP contribution in [0.15, 0.2) is 23.2 Å². The Morgan fingerprint density at radius 3 is 2.88 bits per heavy atom. The van der Waals surface area contributed by atoms with E-state index in [0.717, 1.165) is 11.1 Å². The van der Waals surface area contributed by atoms with Crippen molar-refractivity contribution in [2.75, 3.05) is 0 Å². The SMILES string of the molecule is CCC(=N)N=C1NC(=O)c2ccc(C)cc21. The molecule has 4 heteroatoms. The Morgan fingerprint density at radius 1 is 1.44 bits per heavy atom. The first-order chi connectivity index (χ1) is 7.61. The van der Waals surface area contributed by atoms with Crippen LogP contribution in [0.5, 0.6) is 0 Å². The van der Waals surface area contributed by atoms with E-state index in [1.54, 1.807) is 6.07 Å². The zero-order chi connectivity index (χ0) is 11.7. The van der Waals surface area contributed by atoms with Crippen LogP contribution in [-0.2, 0) is 0 Å². The summed E-state index contributed by atoms with van der Waals surface area (Å²) in [7, 11) is 0. The average molecular weight is 215 g/mol. The number of rotatable bonds is 1. The Hall–Kier alpha value is -1.97. The van der Waals surface area contributed by atoms with E-state index in [4.69, 9.17) is 5.41 Å². The molecule has 1 aromatic rings. The number of amides is 1. The third-order valence-corrected chi connectivity index (χ3v) is 2.49. The van der Waals surface area contributed by atoms with Gasteiger partial charge in [-0.05, 0) is 19.1 Å². The second kappa shape index (κ2) is 3.89. The van der Waals surface area contributed by atoms with Gasteiger partial charge < -0.3 is 5.32 Å². The number of aliphatic imine (C=N–C) groups is 1. The molecule has 0 aromatic heterocycles. The van der Waals surface area contributed by atoms with Crippen molar-refractivity contribution in [2.24, 2.45) is 4.99 Å². The highest BCUT2D eigenvalue weighted by Gasteiger charge is 2.24. The summed E-state index contributed by atoms with van der Waals surface area (Å²) in [5.74, 6) is 0.623. The normalized spacial score (nSPS) is 16.1. The molecule has 0 saturated carbocycles. The van der Waals surface area contributed by atoms with Gasteiger partial charge in [0.05, 0.1) is 5.56 Å². The number of nitrogens with zero attached hydrogens (tertiary/aromatic N) is 1. The topological polar surface area (TPSA) is 65.3 Å². The zero-order valence-corrected chi connectivity index (χ0v) is 9.29. The second-order valence-corrected chi connectivity index (χ2v) is 3.76. The van der Waals surface area contributed by atoms with Crippen LogP contribution in [0.2, 0.25) is 0 Å². The van der Waals surface area contributed by atoms with Crippen molar-refractivity contribution in [3.8, 4) is 0 Å². The number of carbonyl (C=O) groups is 1. The van der Waals surface area contributed by atoms with E-state index in [1.807, 2.05) is 26.0 Å². The van der Waals surface area contributed by atoms with Crippen LogP contribution in [0.1, 0.15) is 34.8 Å². The minimum Gasteiger partial charge on any atom is -0.306 e. The lowest BCUT2D eigenvalue weighted by atomic mass is 10.1. The Labute approximate surface area is 93.9 Å². The highest BCUT2D eigenvalue weighted by atomic mass is 16.2. The summed E-state index contributed by atoms with van der Waals surface area (Å²) < 4.78 is 0. The average Bonchev–Trinajstić information content (AvgIpc) is 2.55. The number of fused-ring (bicyclic) bond motifs is 1. The fourth-order valence-corrected chi connectivity index (χ4v) is 1.60. The second-order valence-electron chi connectivity index (χ2n) is 3.76. The lowest BCUT2D eigenvalue weighted by molar-refractivity contribution is 0.0983. The van der Waals surface area contributed by atoms with E-state index in [-0.39, 0.29) is 11.7 Å². The molecule has 0 saturated heterocycles. The van der Waals surface area contributed by atoms with Crippen molar-refractivity contribution in [1.82, 2.24) is 5.32 Å². The molecule has 2 N–H and O–H groups in total. The van der Waals surface area contributed by atoms with E-state index in [1.165, 1.54) is 0 Å². The van der Waals surface area contributed by atoms with Crippen molar-refractivity contribution in [3.05, 3.63) is 34.9 Å². The molecule has 82 valence electrons. The Balaban J connectivity index is 2.49. The number of carbonyl (C=O) groups excluding carboxylic acids is 1. The number of benzene rings is 1. The fraction of sp³-hybridized carbons (Fsp3) is 0.250. The van der Waals surface area contributed by atoms with Crippen molar-refractivity contribution in [3.63, 3.8) is 0 Å². The Bertz CT molecular complexity index is 503. The summed E-state index contributed by atoms with van der Waals surface area (Å²) in [4.78, 5) is 15.7. The predicted molar refractivity (Wildman–Crippen MR) is 63.2 cm³/mol. The molecule has 1 aromatic carbocycles. The number of amidine groups is 2. The van der Waals surface area contributed by atoms with Crippen LogP contribution < -0.4 is 5.32 Å². The van der Waals surface area contributed by atoms with Gasteiger partial charge in [0, 0.05) is 12.0 Å². The molecule has 0 aliphatic carbocycles. The van der Waals surface area contributed by atoms with Crippen LogP contribution in [-0.4, -0.2) is 17.6 Å². The molecule has 0 fully saturated rings. The van der Waals surface area contributed by atoms with Gasteiger partial charge in [-0.2, -0.15) is 0 Å². The van der Waals surface area contributed by atoms with E-state index >= 15 is 0 Å². The molecule has 2 rings (SSSR count). The molecule has 4 nitrogen and oxygen atoms in total. The van der Waals surface area contributed by atoms with Gasteiger partial charge in [0.1, 0.15) is 11.7 Å². The minimum atomic E-state index is -0.141. The number of aryl methyl sites for hydroxylation is 1. The largest absolute Gasteiger partial charge is 0.306 e. The molecule has 16 heavy (non-hydrogen) atoms. The van der Waals surface area contributed by atoms with Crippen LogP contribution in [0, 0.1) is 12.3 Å². The van der Waals surface area contributed by atoms with Crippen molar-refractivity contribution in [1.29, 1.82) is 5.41 Å². The maximum atomic E-state index is 11.6. The highest BCUT2D eigenvalue weighted by Crippen LogP contribution is 2.17. The number of hydrogen-bond acceptors (Lipinski definition) is 2. The maximum absolute atomic E-state index is 11.6. The fourth-order valence-electron chi connectivity index (χ4n) is 1.60. The van der Waals surface area contributed by atoms with Crippen molar-refractivity contribution in [2.45, 2.75) is 20.3 Å². The zero-order valence-electron chi connectivity index (χ0n) is 9.29. The Kier molecular flexibility index (Phi) is 2.56. The van der Waals surface area contributed by atoms with Crippen LogP contribution in [0.25, 0.3) is 0 Å². The third kappa shape index (κ3) is 1.74. The third-order valence-electron chi connectivity index (χ3n) is 2.49. The van der Waals surface area contributed by atoms with E-state index in [0.29, 0.717) is 17.8 Å². The summed E-state index contributed by atoms with van der Waals surface area (Å²) in [6.45, 7) is 3.83. The summed E-state index contributed by atoms with van der Waals surface area (Å²) in [6, 6.07) is 5.60. The Morgan fingerprint density at radius 2 is 2.19 bits per heavy atom. The molecular formula is C12H13N3O. The van der Waals surface area contributed by atoms with Crippen LogP contribution in [0.4, 0.5) is 0 Å². The van der Waals surface area contributed by atoms with Gasteiger partial charge in [0.25, 0.3) is 5.91 Å². The van der Waals surface area contributed by atoms with E-state index in [9.17, 15) is 4.79 Å². The molecule has 0 spiro atoms. The molecule has 0 radical (unpaired) electrons. The first kappa shape index (κ1) is 10.5. The number of nitrogens with one attached hydrogen (secondary N) is 2. The molecule has 0 atom stereocenters. The van der Waals surface area contributed by atoms with Crippen LogP contribution in [0.3, 0.4) is 0 Å². The van der Waals surface area contributed by atoms with E-state index in [2.05, 4.69) is 10.3 Å². The van der Waals surface area contributed by atoms with Crippen molar-refractivity contribution < 1.29 is 4.79 Å². The molecular weight excluding hydrogens is 202 g/mol. The monoisotopic (exact) mass is 215 g/mol. The van der Waals surface area contributed by atoms with Gasteiger partial charge in [-0.1, -0.05) is 18.6 Å². The van der Waals surface area contributed by atoms with Gasteiger partial charge in [-0.25, -0.2) is 4.99 Å². The molecule has 0 unspecified atom stereocenters. The van der Waals surface area contributed by atoms with Crippen molar-refractivity contribution >= 4 is 17.6 Å². The lowest BCUT2D eigenvalue weighted by Crippen LogP contribution is -2.22. The van der Waals surface area contributed by atoms with Gasteiger partial charge in [-0.15, -0.1) is 0 Å². The quantitative estimate of drug-likeness (QED) is 0.545. The molecule has 1 amide bonds. The summed E-state index contributed by atoms with van der Waals surface area (Å²) in [6.07, 6.45) is 0.556. The predicted octanol–water partition coefficient (Wildman–Crippen LogP) is 1.87. The number of hydrogen-bond donors (Lipinski definition) is 2. The first-order valence-electron chi connectivity index (χ1n) is 5.20. The summed E-state index contributed by atoms with van der Waals surface area (Å²) in [5, 5.41) is 10.2. The van der Waals surface area contributed by atoms with Gasteiger partial charge in [-0.3, -0.25) is 10.2 Å². The lowest BCUT2D eigenvalue weighted by Gasteiger charge is -2.00. The molecule has 1 aliphatic rings. The maximum Gasteiger partial charge on any atom is 0.257 e.